The quantitative estimate of drug-likeness (QED) is 0.323. The Labute approximate surface area is 148 Å². The third-order valence-electron chi connectivity index (χ3n) is 4.22. The molecule has 0 saturated carbocycles. The van der Waals surface area contributed by atoms with E-state index in [2.05, 4.69) is 5.43 Å². The van der Waals surface area contributed by atoms with Gasteiger partial charge in [-0.05, 0) is 18.6 Å². The molecule has 0 aliphatic heterocycles. The van der Waals surface area contributed by atoms with Gasteiger partial charge in [0, 0.05) is 23.2 Å². The van der Waals surface area contributed by atoms with Crippen LogP contribution in [0.4, 0.5) is 5.69 Å². The van der Waals surface area contributed by atoms with Gasteiger partial charge in [0.15, 0.2) is 0 Å². The summed E-state index contributed by atoms with van der Waals surface area (Å²) in [5.74, 6) is 4.54. The molecule has 0 saturated heterocycles. The van der Waals surface area contributed by atoms with Crippen LogP contribution in [0.25, 0.3) is 10.9 Å². The van der Waals surface area contributed by atoms with Crippen LogP contribution in [0.2, 0.25) is 0 Å². The fourth-order valence-corrected chi connectivity index (χ4v) is 3.04. The molecule has 0 bridgehead atoms. The van der Waals surface area contributed by atoms with Gasteiger partial charge in [0.25, 0.3) is 11.6 Å². The van der Waals surface area contributed by atoms with Crippen LogP contribution < -0.4 is 11.3 Å². The minimum absolute atomic E-state index is 0.0364. The number of nitrogens with two attached hydrogens (primary N) is 1. The van der Waals surface area contributed by atoms with E-state index in [1.807, 2.05) is 0 Å². The van der Waals surface area contributed by atoms with Crippen molar-refractivity contribution in [3.8, 4) is 0 Å². The van der Waals surface area contributed by atoms with E-state index < -0.39 is 10.8 Å². The Kier molecular flexibility index (Phi) is 4.51. The number of para-hydroxylation sites is 1. The Hall–Kier alpha value is -3.52. The number of hydrogen-bond acceptors (Lipinski definition) is 5. The van der Waals surface area contributed by atoms with Crippen molar-refractivity contribution in [3.63, 3.8) is 0 Å². The molecule has 8 nitrogen and oxygen atoms in total. The number of nitrogens with zero attached hydrogens (tertiary/aromatic N) is 2. The lowest BCUT2D eigenvalue weighted by atomic mass is 10.1. The van der Waals surface area contributed by atoms with E-state index in [1.165, 1.54) is 16.7 Å². The predicted octanol–water partition coefficient (Wildman–Crippen LogP) is 2.34. The first-order valence-corrected chi connectivity index (χ1v) is 7.81. The third-order valence-corrected chi connectivity index (χ3v) is 4.22. The number of hydrazine groups is 1. The number of benzene rings is 2. The van der Waals surface area contributed by atoms with Crippen molar-refractivity contribution < 1.29 is 14.5 Å². The van der Waals surface area contributed by atoms with Crippen molar-refractivity contribution in [3.05, 3.63) is 75.5 Å². The average molecular weight is 352 g/mol. The van der Waals surface area contributed by atoms with Gasteiger partial charge in [-0.2, -0.15) is 0 Å². The first-order chi connectivity index (χ1) is 12.4. The zero-order chi connectivity index (χ0) is 18.8. The van der Waals surface area contributed by atoms with Gasteiger partial charge in [0.2, 0.25) is 5.91 Å². The number of nitrogens with one attached hydrogen (secondary N) is 1. The van der Waals surface area contributed by atoms with Crippen LogP contribution in [0.1, 0.15) is 26.4 Å². The highest BCUT2D eigenvalue weighted by Crippen LogP contribution is 2.26. The summed E-state index contributed by atoms with van der Waals surface area (Å²) in [6.07, 6.45) is 0.0428. The number of amides is 1. The molecular weight excluding hydrogens is 336 g/mol. The number of nitro groups is 1. The maximum atomic E-state index is 12.9. The van der Waals surface area contributed by atoms with Gasteiger partial charge < -0.3 is 0 Å². The van der Waals surface area contributed by atoms with Crippen molar-refractivity contribution >= 4 is 28.4 Å². The lowest BCUT2D eigenvalue weighted by molar-refractivity contribution is -0.384. The average Bonchev–Trinajstić information content (AvgIpc) is 2.93. The Morgan fingerprint density at radius 1 is 1.15 bits per heavy atom. The van der Waals surface area contributed by atoms with Gasteiger partial charge in [-0.25, -0.2) is 5.84 Å². The maximum absolute atomic E-state index is 12.9. The van der Waals surface area contributed by atoms with Gasteiger partial charge in [0.1, 0.15) is 0 Å². The topological polar surface area (TPSA) is 120 Å². The standard InChI is InChI=1S/C18H16N4O4/c1-11-17(18(24)20-19)14-4-2-3-5-15(14)21(11)16(23)10-12-6-8-13(9-7-12)22(25)26/h2-9H,10,19H2,1H3,(H,20,24). The number of fused-ring (bicyclic) bond motifs is 1. The molecule has 3 N–H and O–H groups in total. The fraction of sp³-hybridized carbons (Fsp3) is 0.111. The summed E-state index contributed by atoms with van der Waals surface area (Å²) in [5, 5.41) is 11.4. The Balaban J connectivity index is 2.02. The smallest absolute Gasteiger partial charge is 0.269 e. The molecule has 2 aromatic carbocycles. The van der Waals surface area contributed by atoms with Gasteiger partial charge in [-0.3, -0.25) is 29.7 Å². The number of nitro benzene ring substituents is 1. The van der Waals surface area contributed by atoms with Crippen molar-refractivity contribution in [2.75, 3.05) is 0 Å². The Morgan fingerprint density at radius 3 is 2.42 bits per heavy atom. The number of nitrogen functional groups attached to an aromatic ring is 1. The first-order valence-electron chi connectivity index (χ1n) is 7.81. The normalized spacial score (nSPS) is 10.7. The number of carbonyl (C=O) groups is 2. The molecule has 1 aromatic heterocycles. The van der Waals surface area contributed by atoms with Gasteiger partial charge >= 0.3 is 0 Å². The Bertz CT molecular complexity index is 1020. The summed E-state index contributed by atoms with van der Waals surface area (Å²) < 4.78 is 1.47. The summed E-state index contributed by atoms with van der Waals surface area (Å²) in [6.45, 7) is 1.68. The van der Waals surface area contributed by atoms with Crippen molar-refractivity contribution in [2.45, 2.75) is 13.3 Å². The van der Waals surface area contributed by atoms with Gasteiger partial charge in [-0.1, -0.05) is 30.3 Å². The van der Waals surface area contributed by atoms with Crippen LogP contribution in [-0.4, -0.2) is 21.3 Å². The van der Waals surface area contributed by atoms with E-state index in [9.17, 15) is 19.7 Å². The Morgan fingerprint density at radius 2 is 1.81 bits per heavy atom. The number of rotatable bonds is 4. The van der Waals surface area contributed by atoms with Crippen molar-refractivity contribution in [1.29, 1.82) is 0 Å². The lowest BCUT2D eigenvalue weighted by Crippen LogP contribution is -2.30. The van der Waals surface area contributed by atoms with Crippen LogP contribution >= 0.6 is 0 Å². The van der Waals surface area contributed by atoms with Gasteiger partial charge in [0.05, 0.1) is 22.4 Å². The molecule has 132 valence electrons. The minimum atomic E-state index is -0.493. The van der Waals surface area contributed by atoms with Crippen LogP contribution in [0.5, 0.6) is 0 Å². The van der Waals surface area contributed by atoms with Crippen LogP contribution in [0.3, 0.4) is 0 Å². The molecule has 3 aromatic rings. The first kappa shape index (κ1) is 17.3. The molecule has 0 radical (unpaired) electrons. The molecular formula is C18H16N4O4. The summed E-state index contributed by atoms with van der Waals surface area (Å²) in [5.41, 5.74) is 4.15. The van der Waals surface area contributed by atoms with E-state index in [4.69, 9.17) is 5.84 Å². The molecule has 1 heterocycles. The maximum Gasteiger partial charge on any atom is 0.269 e. The molecule has 8 heteroatoms. The van der Waals surface area contributed by atoms with Crippen molar-refractivity contribution in [1.82, 2.24) is 9.99 Å². The fourth-order valence-electron chi connectivity index (χ4n) is 3.04. The lowest BCUT2D eigenvalue weighted by Gasteiger charge is -2.07. The van der Waals surface area contributed by atoms with E-state index in [-0.39, 0.29) is 18.0 Å². The molecule has 0 spiro atoms. The van der Waals surface area contributed by atoms with E-state index >= 15 is 0 Å². The molecule has 26 heavy (non-hydrogen) atoms. The summed E-state index contributed by atoms with van der Waals surface area (Å²) in [6, 6.07) is 12.9. The summed E-state index contributed by atoms with van der Waals surface area (Å²) in [4.78, 5) is 35.2. The van der Waals surface area contributed by atoms with Crippen LogP contribution in [0, 0.1) is 17.0 Å². The molecule has 0 aliphatic carbocycles. The van der Waals surface area contributed by atoms with Crippen molar-refractivity contribution in [2.24, 2.45) is 5.84 Å². The predicted molar refractivity (Wildman–Crippen MR) is 95.8 cm³/mol. The highest BCUT2D eigenvalue weighted by molar-refractivity contribution is 6.11. The van der Waals surface area contributed by atoms with Crippen LogP contribution in [0.15, 0.2) is 48.5 Å². The monoisotopic (exact) mass is 352 g/mol. The molecule has 0 aliphatic rings. The van der Waals surface area contributed by atoms with E-state index in [1.54, 1.807) is 43.3 Å². The molecule has 1 amide bonds. The highest BCUT2D eigenvalue weighted by Gasteiger charge is 2.22. The SMILES string of the molecule is Cc1c(C(=O)NN)c2ccccc2n1C(=O)Cc1ccc([N+](=O)[O-])cc1. The van der Waals surface area contributed by atoms with Crippen LogP contribution in [-0.2, 0) is 6.42 Å². The number of carbonyl (C=O) groups excluding carboxylic acids is 2. The minimum Gasteiger partial charge on any atom is -0.290 e. The number of aromatic nitrogens is 1. The molecule has 0 fully saturated rings. The number of hydrogen-bond donors (Lipinski definition) is 2. The third kappa shape index (κ3) is 2.93. The summed E-state index contributed by atoms with van der Waals surface area (Å²) in [7, 11) is 0. The number of non-ortho nitro benzene ring substituents is 1. The summed E-state index contributed by atoms with van der Waals surface area (Å²) >= 11 is 0. The zero-order valence-electron chi connectivity index (χ0n) is 13.9. The molecule has 0 atom stereocenters. The second-order valence-corrected chi connectivity index (χ2v) is 5.78. The molecule has 0 unspecified atom stereocenters. The second-order valence-electron chi connectivity index (χ2n) is 5.78. The van der Waals surface area contributed by atoms with Gasteiger partial charge in [-0.15, -0.1) is 0 Å². The van der Waals surface area contributed by atoms with E-state index in [0.29, 0.717) is 27.7 Å². The largest absolute Gasteiger partial charge is 0.290 e. The second kappa shape index (κ2) is 6.77. The van der Waals surface area contributed by atoms with E-state index in [0.717, 1.165) is 0 Å². The highest BCUT2D eigenvalue weighted by atomic mass is 16.6. The zero-order valence-corrected chi connectivity index (χ0v) is 13.9. The molecule has 3 rings (SSSR count).